The Morgan fingerprint density at radius 1 is 1.00 bits per heavy atom. The average Bonchev–Trinajstić information content (AvgIpc) is 2.41. The number of carboxylic acid groups (broad SMARTS) is 1. The molecule has 0 radical (unpaired) electrons. The molecule has 0 spiro atoms. The van der Waals surface area contributed by atoms with Crippen molar-refractivity contribution < 1.29 is 49.8 Å². The molecule has 0 bridgehead atoms. The Labute approximate surface area is 112 Å². The first kappa shape index (κ1) is 18.1. The Kier molecular flexibility index (Phi) is 7.57. The van der Waals surface area contributed by atoms with Crippen LogP contribution < -0.4 is 0 Å². The third-order valence-corrected chi connectivity index (χ3v) is 2.06. The minimum atomic E-state index is -2.38. The number of esters is 2. The van der Waals surface area contributed by atoms with Crippen molar-refractivity contribution in [1.82, 2.24) is 0 Å². The molecule has 0 aliphatic heterocycles. The number of aliphatic hydroxyl groups excluding tert-OH is 5. The van der Waals surface area contributed by atoms with Gasteiger partial charge in [-0.3, -0.25) is 0 Å². The van der Waals surface area contributed by atoms with E-state index in [2.05, 4.69) is 4.74 Å². The molecule has 10 nitrogen and oxygen atoms in total. The van der Waals surface area contributed by atoms with E-state index in [4.69, 9.17) is 15.3 Å². The standard InChI is InChI=1S/C10H14O10/c11-3-4(12)7(16)8(17)9(18)10(19)20-6(15)2-1-5(13)14/h1-2,4,7-9,11-12,16-18H,3H2,(H,13,14)/b2-1-/t4-,7-,8+,9-/m1/s1. The Hall–Kier alpha value is -1.85. The summed E-state index contributed by atoms with van der Waals surface area (Å²) in [6.45, 7) is -0.944. The largest absolute Gasteiger partial charge is 0.478 e. The van der Waals surface area contributed by atoms with Gasteiger partial charge in [0.2, 0.25) is 0 Å². The van der Waals surface area contributed by atoms with Crippen LogP contribution in [0.1, 0.15) is 0 Å². The van der Waals surface area contributed by atoms with E-state index in [0.717, 1.165) is 0 Å². The zero-order valence-electron chi connectivity index (χ0n) is 9.99. The van der Waals surface area contributed by atoms with Crippen LogP contribution in [0.25, 0.3) is 0 Å². The zero-order valence-corrected chi connectivity index (χ0v) is 9.99. The molecular formula is C10H14O10. The molecule has 0 aromatic carbocycles. The second-order valence-electron chi connectivity index (χ2n) is 3.59. The molecule has 10 heteroatoms. The van der Waals surface area contributed by atoms with Crippen LogP contribution in [-0.2, 0) is 19.1 Å². The summed E-state index contributed by atoms with van der Waals surface area (Å²) in [6.07, 6.45) is -7.72. The smallest absolute Gasteiger partial charge is 0.345 e. The molecule has 4 atom stereocenters. The normalized spacial score (nSPS) is 17.2. The number of carbonyl (C=O) groups excluding carboxylic acids is 2. The van der Waals surface area contributed by atoms with Crippen molar-refractivity contribution in [2.45, 2.75) is 24.4 Å². The Morgan fingerprint density at radius 3 is 2.00 bits per heavy atom. The van der Waals surface area contributed by atoms with Crippen LogP contribution in [0.3, 0.4) is 0 Å². The van der Waals surface area contributed by atoms with Crippen molar-refractivity contribution in [2.24, 2.45) is 0 Å². The van der Waals surface area contributed by atoms with Crippen molar-refractivity contribution >= 4 is 17.9 Å². The van der Waals surface area contributed by atoms with E-state index in [1.165, 1.54) is 0 Å². The number of carboxylic acids is 1. The average molecular weight is 294 g/mol. The molecule has 0 aliphatic carbocycles. The minimum Gasteiger partial charge on any atom is -0.478 e. The van der Waals surface area contributed by atoms with Gasteiger partial charge in [0.1, 0.15) is 18.3 Å². The molecule has 0 heterocycles. The Bertz CT molecular complexity index is 389. The molecule has 0 aliphatic rings. The van der Waals surface area contributed by atoms with Crippen molar-refractivity contribution in [3.05, 3.63) is 12.2 Å². The van der Waals surface area contributed by atoms with Gasteiger partial charge >= 0.3 is 17.9 Å². The number of hydrogen-bond donors (Lipinski definition) is 6. The van der Waals surface area contributed by atoms with Gasteiger partial charge in [-0.1, -0.05) is 0 Å². The monoisotopic (exact) mass is 294 g/mol. The highest BCUT2D eigenvalue weighted by atomic mass is 16.6. The second kappa shape index (κ2) is 8.35. The van der Waals surface area contributed by atoms with Crippen LogP contribution >= 0.6 is 0 Å². The van der Waals surface area contributed by atoms with Crippen LogP contribution in [0.5, 0.6) is 0 Å². The van der Waals surface area contributed by atoms with Crippen LogP contribution in [-0.4, -0.2) is 79.6 Å². The number of aliphatic carboxylic acids is 1. The van der Waals surface area contributed by atoms with E-state index in [-0.39, 0.29) is 0 Å². The summed E-state index contributed by atoms with van der Waals surface area (Å²) in [6, 6.07) is 0. The van der Waals surface area contributed by atoms with E-state index < -0.39 is 48.9 Å². The first-order chi connectivity index (χ1) is 9.20. The van der Waals surface area contributed by atoms with E-state index in [1.54, 1.807) is 0 Å². The third-order valence-electron chi connectivity index (χ3n) is 2.06. The van der Waals surface area contributed by atoms with Gasteiger partial charge < -0.3 is 35.4 Å². The van der Waals surface area contributed by atoms with Crippen molar-refractivity contribution in [2.75, 3.05) is 6.61 Å². The van der Waals surface area contributed by atoms with E-state index in [0.29, 0.717) is 12.2 Å². The first-order valence-corrected chi connectivity index (χ1v) is 5.20. The van der Waals surface area contributed by atoms with Crippen LogP contribution in [0.4, 0.5) is 0 Å². The highest BCUT2D eigenvalue weighted by Gasteiger charge is 2.35. The number of hydrogen-bond acceptors (Lipinski definition) is 9. The maximum atomic E-state index is 11.2. The molecule has 20 heavy (non-hydrogen) atoms. The van der Waals surface area contributed by atoms with Gasteiger partial charge in [0.25, 0.3) is 0 Å². The highest BCUT2D eigenvalue weighted by Crippen LogP contribution is 2.06. The lowest BCUT2D eigenvalue weighted by molar-refractivity contribution is -0.174. The quantitative estimate of drug-likeness (QED) is 0.154. The summed E-state index contributed by atoms with van der Waals surface area (Å²) >= 11 is 0. The lowest BCUT2D eigenvalue weighted by Gasteiger charge is -2.23. The lowest BCUT2D eigenvalue weighted by Crippen LogP contribution is -2.49. The summed E-state index contributed by atoms with van der Waals surface area (Å²) in [7, 11) is 0. The summed E-state index contributed by atoms with van der Waals surface area (Å²) in [5.74, 6) is -4.56. The van der Waals surface area contributed by atoms with Crippen molar-refractivity contribution in [1.29, 1.82) is 0 Å². The van der Waals surface area contributed by atoms with Gasteiger partial charge in [-0.25, -0.2) is 14.4 Å². The third kappa shape index (κ3) is 5.86. The molecule has 0 saturated carbocycles. The van der Waals surface area contributed by atoms with Crippen LogP contribution in [0.2, 0.25) is 0 Å². The number of ether oxygens (including phenoxy) is 1. The van der Waals surface area contributed by atoms with Gasteiger partial charge in [-0.15, -0.1) is 0 Å². The van der Waals surface area contributed by atoms with Gasteiger partial charge in [0.15, 0.2) is 6.10 Å². The molecule has 114 valence electrons. The Balaban J connectivity index is 4.54. The predicted molar refractivity (Wildman–Crippen MR) is 59.0 cm³/mol. The zero-order chi connectivity index (χ0) is 15.9. The van der Waals surface area contributed by atoms with Gasteiger partial charge in [-0.05, 0) is 0 Å². The summed E-state index contributed by atoms with van der Waals surface area (Å²) in [5.41, 5.74) is 0. The van der Waals surface area contributed by atoms with Crippen molar-refractivity contribution in [3.63, 3.8) is 0 Å². The first-order valence-electron chi connectivity index (χ1n) is 5.20. The lowest BCUT2D eigenvalue weighted by atomic mass is 10.0. The molecule has 0 rings (SSSR count). The number of carbonyl (C=O) groups is 3. The maximum absolute atomic E-state index is 11.2. The molecule has 0 fully saturated rings. The predicted octanol–water partition coefficient (Wildman–Crippen LogP) is -3.87. The molecule has 0 unspecified atom stereocenters. The number of rotatable bonds is 7. The van der Waals surface area contributed by atoms with Crippen molar-refractivity contribution in [3.8, 4) is 0 Å². The fraction of sp³-hybridized carbons (Fsp3) is 0.500. The molecule has 6 N–H and O–H groups in total. The van der Waals surface area contributed by atoms with Crippen LogP contribution in [0.15, 0.2) is 12.2 Å². The molecule has 0 aromatic rings. The molecule has 0 aromatic heterocycles. The summed E-state index contributed by atoms with van der Waals surface area (Å²) in [4.78, 5) is 32.1. The fourth-order valence-electron chi connectivity index (χ4n) is 0.995. The highest BCUT2D eigenvalue weighted by molar-refractivity contribution is 5.97. The SMILES string of the molecule is O=C(O)/C=C\C(=O)OC(=O)[C@H](O)[C@@H](O)[C@H](O)[C@H](O)CO. The second-order valence-corrected chi connectivity index (χ2v) is 3.59. The topological polar surface area (TPSA) is 182 Å². The van der Waals surface area contributed by atoms with E-state index in [1.807, 2.05) is 0 Å². The number of aliphatic hydroxyl groups is 5. The summed E-state index contributed by atoms with van der Waals surface area (Å²) < 4.78 is 3.95. The van der Waals surface area contributed by atoms with Gasteiger partial charge in [-0.2, -0.15) is 0 Å². The minimum absolute atomic E-state index is 0.378. The summed E-state index contributed by atoms with van der Waals surface area (Å²) in [5, 5.41) is 53.5. The maximum Gasteiger partial charge on any atom is 0.345 e. The Morgan fingerprint density at radius 2 is 1.55 bits per heavy atom. The van der Waals surface area contributed by atoms with Gasteiger partial charge in [0.05, 0.1) is 6.61 Å². The molecule has 0 saturated heterocycles. The van der Waals surface area contributed by atoms with Gasteiger partial charge in [0, 0.05) is 12.2 Å². The van der Waals surface area contributed by atoms with E-state index in [9.17, 15) is 29.7 Å². The molecular weight excluding hydrogens is 280 g/mol. The fourth-order valence-corrected chi connectivity index (χ4v) is 0.995. The van der Waals surface area contributed by atoms with E-state index >= 15 is 0 Å². The molecule has 0 amide bonds. The van der Waals surface area contributed by atoms with Crippen LogP contribution in [0, 0.1) is 0 Å².